The van der Waals surface area contributed by atoms with Crippen LogP contribution in [0, 0.1) is 6.92 Å². The number of rotatable bonds is 1. The van der Waals surface area contributed by atoms with E-state index >= 15 is 0 Å². The van der Waals surface area contributed by atoms with E-state index in [1.807, 2.05) is 0 Å². The number of methoxy groups -OCH3 is 1. The Kier molecular flexibility index (Phi) is 3.17. The SMILES string of the molecule is COc1cc2nc(C(F)(F)F)c(C)c(=O)n2cc1Cl. The van der Waals surface area contributed by atoms with Crippen molar-refractivity contribution in [3.05, 3.63) is 38.9 Å². The molecule has 0 aliphatic rings. The van der Waals surface area contributed by atoms with Crippen molar-refractivity contribution in [1.82, 2.24) is 9.38 Å². The number of aromatic nitrogens is 2. The van der Waals surface area contributed by atoms with E-state index in [-0.39, 0.29) is 16.4 Å². The topological polar surface area (TPSA) is 43.6 Å². The van der Waals surface area contributed by atoms with E-state index in [1.165, 1.54) is 19.4 Å². The lowest BCUT2D eigenvalue weighted by Crippen LogP contribution is -2.24. The van der Waals surface area contributed by atoms with Gasteiger partial charge in [0.05, 0.1) is 12.1 Å². The van der Waals surface area contributed by atoms with Gasteiger partial charge in [0.1, 0.15) is 11.4 Å². The molecule has 0 aliphatic carbocycles. The number of fused-ring (bicyclic) bond motifs is 1. The molecular weight excluding hydrogens is 285 g/mol. The van der Waals surface area contributed by atoms with E-state index in [9.17, 15) is 18.0 Å². The Morgan fingerprint density at radius 2 is 2.05 bits per heavy atom. The standard InChI is InChI=1S/C11H8ClF3N2O2/c1-5-9(11(13,14)15)16-8-3-7(19-2)6(12)4-17(8)10(5)18/h3-4H,1-2H3. The van der Waals surface area contributed by atoms with E-state index < -0.39 is 23.0 Å². The zero-order valence-electron chi connectivity index (χ0n) is 9.88. The summed E-state index contributed by atoms with van der Waals surface area (Å²) >= 11 is 5.82. The summed E-state index contributed by atoms with van der Waals surface area (Å²) in [6.07, 6.45) is -3.51. The van der Waals surface area contributed by atoms with Crippen LogP contribution in [-0.4, -0.2) is 16.5 Å². The number of halogens is 4. The van der Waals surface area contributed by atoms with E-state index in [2.05, 4.69) is 4.98 Å². The molecule has 8 heteroatoms. The van der Waals surface area contributed by atoms with Gasteiger partial charge in [-0.3, -0.25) is 9.20 Å². The quantitative estimate of drug-likeness (QED) is 0.811. The van der Waals surface area contributed by atoms with Gasteiger partial charge in [0.2, 0.25) is 0 Å². The third-order valence-electron chi connectivity index (χ3n) is 2.59. The average molecular weight is 293 g/mol. The molecule has 0 fully saturated rings. The maximum absolute atomic E-state index is 12.8. The Morgan fingerprint density at radius 1 is 1.42 bits per heavy atom. The molecular formula is C11H8ClF3N2O2. The second kappa shape index (κ2) is 4.41. The van der Waals surface area contributed by atoms with Crippen LogP contribution in [-0.2, 0) is 6.18 Å². The summed E-state index contributed by atoms with van der Waals surface area (Å²) in [7, 11) is 1.31. The molecule has 102 valence electrons. The van der Waals surface area contributed by atoms with Crippen LogP contribution in [0.1, 0.15) is 11.3 Å². The van der Waals surface area contributed by atoms with Crippen LogP contribution in [0.15, 0.2) is 17.1 Å². The molecule has 2 aromatic rings. The van der Waals surface area contributed by atoms with Crippen molar-refractivity contribution in [3.8, 4) is 5.75 Å². The maximum Gasteiger partial charge on any atom is 0.433 e. The lowest BCUT2D eigenvalue weighted by molar-refractivity contribution is -0.141. The minimum atomic E-state index is -4.69. The fraction of sp³-hybridized carbons (Fsp3) is 0.273. The largest absolute Gasteiger partial charge is 0.495 e. The lowest BCUT2D eigenvalue weighted by atomic mass is 10.2. The Hall–Kier alpha value is -1.76. The Bertz CT molecular complexity index is 710. The van der Waals surface area contributed by atoms with Crippen LogP contribution < -0.4 is 10.3 Å². The molecule has 0 unspecified atom stereocenters. The van der Waals surface area contributed by atoms with Gasteiger partial charge >= 0.3 is 6.18 Å². The number of hydrogen-bond donors (Lipinski definition) is 0. The van der Waals surface area contributed by atoms with Crippen LogP contribution in [0.5, 0.6) is 5.75 Å². The molecule has 0 aliphatic heterocycles. The molecule has 0 radical (unpaired) electrons. The first-order valence-electron chi connectivity index (χ1n) is 5.09. The van der Waals surface area contributed by atoms with Crippen molar-refractivity contribution >= 4 is 17.2 Å². The normalized spacial score (nSPS) is 11.9. The summed E-state index contributed by atoms with van der Waals surface area (Å²) in [5.74, 6) is 0.144. The second-order valence-corrected chi connectivity index (χ2v) is 4.21. The Balaban J connectivity index is 2.89. The minimum absolute atomic E-state index is 0.109. The number of nitrogens with zero attached hydrogens (tertiary/aromatic N) is 2. The summed E-state index contributed by atoms with van der Waals surface area (Å²) in [6, 6.07) is 1.18. The third-order valence-corrected chi connectivity index (χ3v) is 2.88. The molecule has 2 aromatic heterocycles. The summed E-state index contributed by atoms with van der Waals surface area (Å²) < 4.78 is 44.1. The molecule has 0 amide bonds. The van der Waals surface area contributed by atoms with Crippen LogP contribution in [0.4, 0.5) is 13.2 Å². The van der Waals surface area contributed by atoms with Crippen molar-refractivity contribution in [2.45, 2.75) is 13.1 Å². The van der Waals surface area contributed by atoms with E-state index in [4.69, 9.17) is 16.3 Å². The highest BCUT2D eigenvalue weighted by Crippen LogP contribution is 2.30. The van der Waals surface area contributed by atoms with Crippen LogP contribution in [0.25, 0.3) is 5.65 Å². The first kappa shape index (κ1) is 13.7. The summed E-state index contributed by atoms with van der Waals surface area (Å²) in [6.45, 7) is 1.07. The number of alkyl halides is 3. The molecule has 0 bridgehead atoms. The van der Waals surface area contributed by atoms with E-state index in [0.717, 1.165) is 11.3 Å². The Labute approximate surface area is 110 Å². The highest BCUT2D eigenvalue weighted by molar-refractivity contribution is 6.32. The zero-order chi connectivity index (χ0) is 14.4. The molecule has 0 atom stereocenters. The van der Waals surface area contributed by atoms with E-state index in [0.29, 0.717) is 0 Å². The highest BCUT2D eigenvalue weighted by Gasteiger charge is 2.36. The molecule has 0 spiro atoms. The van der Waals surface area contributed by atoms with Crippen LogP contribution in [0.2, 0.25) is 5.02 Å². The molecule has 0 N–H and O–H groups in total. The monoisotopic (exact) mass is 292 g/mol. The van der Waals surface area contributed by atoms with Gasteiger partial charge in [-0.15, -0.1) is 0 Å². The average Bonchev–Trinajstić information content (AvgIpc) is 2.32. The first-order chi connectivity index (χ1) is 8.75. The smallest absolute Gasteiger partial charge is 0.433 e. The van der Waals surface area contributed by atoms with Gasteiger partial charge in [0.25, 0.3) is 5.56 Å². The lowest BCUT2D eigenvalue weighted by Gasteiger charge is -2.12. The van der Waals surface area contributed by atoms with Gasteiger partial charge in [-0.05, 0) is 6.92 Å². The van der Waals surface area contributed by atoms with Gasteiger partial charge in [0.15, 0.2) is 5.69 Å². The van der Waals surface area contributed by atoms with Crippen molar-refractivity contribution in [2.24, 2.45) is 0 Å². The Morgan fingerprint density at radius 3 is 2.58 bits per heavy atom. The number of ether oxygens (including phenoxy) is 1. The van der Waals surface area contributed by atoms with Crippen molar-refractivity contribution in [1.29, 1.82) is 0 Å². The van der Waals surface area contributed by atoms with Gasteiger partial charge in [-0.1, -0.05) is 11.6 Å². The van der Waals surface area contributed by atoms with Gasteiger partial charge in [0, 0.05) is 17.8 Å². The third kappa shape index (κ3) is 2.25. The van der Waals surface area contributed by atoms with Crippen molar-refractivity contribution in [3.63, 3.8) is 0 Å². The van der Waals surface area contributed by atoms with Crippen molar-refractivity contribution < 1.29 is 17.9 Å². The van der Waals surface area contributed by atoms with E-state index in [1.54, 1.807) is 0 Å². The zero-order valence-corrected chi connectivity index (χ0v) is 10.6. The molecule has 4 nitrogen and oxygen atoms in total. The molecule has 2 heterocycles. The molecule has 0 aromatic carbocycles. The maximum atomic E-state index is 12.8. The summed E-state index contributed by atoms with van der Waals surface area (Å²) in [5, 5.41) is 0.109. The van der Waals surface area contributed by atoms with Crippen LogP contribution >= 0.6 is 11.6 Å². The fourth-order valence-corrected chi connectivity index (χ4v) is 1.89. The first-order valence-corrected chi connectivity index (χ1v) is 5.47. The summed E-state index contributed by atoms with van der Waals surface area (Å²) in [5.41, 5.74) is -2.68. The predicted molar refractivity (Wildman–Crippen MR) is 62.8 cm³/mol. The molecule has 0 saturated carbocycles. The number of pyridine rings is 1. The van der Waals surface area contributed by atoms with Gasteiger partial charge in [-0.2, -0.15) is 13.2 Å². The molecule has 19 heavy (non-hydrogen) atoms. The molecule has 0 saturated heterocycles. The minimum Gasteiger partial charge on any atom is -0.495 e. The summed E-state index contributed by atoms with van der Waals surface area (Å²) in [4.78, 5) is 15.3. The second-order valence-electron chi connectivity index (χ2n) is 3.81. The fourth-order valence-electron chi connectivity index (χ4n) is 1.66. The van der Waals surface area contributed by atoms with Gasteiger partial charge in [-0.25, -0.2) is 4.98 Å². The highest BCUT2D eigenvalue weighted by atomic mass is 35.5. The van der Waals surface area contributed by atoms with Crippen molar-refractivity contribution in [2.75, 3.05) is 7.11 Å². The van der Waals surface area contributed by atoms with Crippen LogP contribution in [0.3, 0.4) is 0 Å². The molecule has 2 rings (SSSR count). The number of hydrogen-bond acceptors (Lipinski definition) is 3. The van der Waals surface area contributed by atoms with Gasteiger partial charge < -0.3 is 4.74 Å². The predicted octanol–water partition coefficient (Wildman–Crippen LogP) is 2.68.